The van der Waals surface area contributed by atoms with Gasteiger partial charge < -0.3 is 5.32 Å². The second kappa shape index (κ2) is 6.65. The molecule has 2 aromatic rings. The van der Waals surface area contributed by atoms with Crippen LogP contribution in [0.25, 0.3) is 0 Å². The zero-order valence-electron chi connectivity index (χ0n) is 11.1. The number of nitrogens with zero attached hydrogens (tertiary/aromatic N) is 2. The summed E-state index contributed by atoms with van der Waals surface area (Å²) in [5, 5.41) is 21.5. The molecule has 3 nitrogen and oxygen atoms in total. The molecule has 98 valence electrons. The highest BCUT2D eigenvalue weighted by Gasteiger charge is 2.08. The van der Waals surface area contributed by atoms with Gasteiger partial charge in [0.05, 0.1) is 22.9 Å². The van der Waals surface area contributed by atoms with Gasteiger partial charge in [0, 0.05) is 10.6 Å². The van der Waals surface area contributed by atoms with Crippen LogP contribution in [-0.2, 0) is 0 Å². The number of hydrogen-bond acceptors (Lipinski definition) is 4. The molecule has 0 heterocycles. The van der Waals surface area contributed by atoms with Crippen molar-refractivity contribution in [1.82, 2.24) is 0 Å². The molecular weight excluding hydrogens is 266 g/mol. The molecule has 0 aliphatic heterocycles. The molecule has 4 heteroatoms. The molecule has 2 aromatic carbocycles. The molecule has 0 amide bonds. The number of nitriles is 2. The van der Waals surface area contributed by atoms with Crippen molar-refractivity contribution in [3.05, 3.63) is 53.6 Å². The number of rotatable bonds is 4. The largest absolute Gasteiger partial charge is 0.354 e. The van der Waals surface area contributed by atoms with Crippen molar-refractivity contribution in [1.29, 1.82) is 10.5 Å². The predicted molar refractivity (Wildman–Crippen MR) is 82.0 cm³/mol. The van der Waals surface area contributed by atoms with Crippen molar-refractivity contribution in [2.45, 2.75) is 11.8 Å². The van der Waals surface area contributed by atoms with E-state index in [1.54, 1.807) is 23.9 Å². The lowest BCUT2D eigenvalue weighted by molar-refractivity contribution is 1.34. The fourth-order valence-electron chi connectivity index (χ4n) is 1.85. The quantitative estimate of drug-likeness (QED) is 0.848. The Balaban J connectivity index is 2.36. The summed E-state index contributed by atoms with van der Waals surface area (Å²) in [6, 6.07) is 17.3. The average molecular weight is 279 g/mol. The van der Waals surface area contributed by atoms with Gasteiger partial charge in [0.15, 0.2) is 0 Å². The third kappa shape index (κ3) is 3.12. The van der Waals surface area contributed by atoms with Crippen LogP contribution in [0.5, 0.6) is 0 Å². The molecule has 0 radical (unpaired) electrons. The van der Waals surface area contributed by atoms with Crippen LogP contribution in [0, 0.1) is 22.7 Å². The number of anilines is 2. The first-order valence-corrected chi connectivity index (χ1v) is 7.20. The monoisotopic (exact) mass is 279 g/mol. The molecule has 1 N–H and O–H groups in total. The Labute approximate surface area is 122 Å². The molecule has 0 saturated carbocycles. The summed E-state index contributed by atoms with van der Waals surface area (Å²) in [5.74, 6) is 0.919. The molecule has 0 aliphatic rings. The van der Waals surface area contributed by atoms with Gasteiger partial charge >= 0.3 is 0 Å². The Kier molecular flexibility index (Phi) is 4.65. The second-order valence-corrected chi connectivity index (χ2v) is 5.35. The lowest BCUT2D eigenvalue weighted by Gasteiger charge is -2.11. The van der Waals surface area contributed by atoms with E-state index in [0.717, 1.165) is 22.0 Å². The first kappa shape index (κ1) is 14.0. The van der Waals surface area contributed by atoms with E-state index in [4.69, 9.17) is 5.26 Å². The van der Waals surface area contributed by atoms with Crippen molar-refractivity contribution < 1.29 is 0 Å². The molecule has 0 spiro atoms. The fourth-order valence-corrected chi connectivity index (χ4v) is 2.63. The molecule has 0 saturated heterocycles. The van der Waals surface area contributed by atoms with Crippen LogP contribution < -0.4 is 5.32 Å². The first-order valence-electron chi connectivity index (χ1n) is 6.21. The standard InChI is InChI=1S/C16H13N3S/c1-2-20-16-8-4-7-15(14(16)11-18)19-13-6-3-5-12(9-13)10-17/h3-9,19H,2H2,1H3. The van der Waals surface area contributed by atoms with Crippen molar-refractivity contribution in [2.24, 2.45) is 0 Å². The highest BCUT2D eigenvalue weighted by atomic mass is 32.2. The van der Waals surface area contributed by atoms with Crippen molar-refractivity contribution in [3.63, 3.8) is 0 Å². The lowest BCUT2D eigenvalue weighted by atomic mass is 10.1. The van der Waals surface area contributed by atoms with Crippen LogP contribution in [0.1, 0.15) is 18.1 Å². The van der Waals surface area contributed by atoms with Gasteiger partial charge in [-0.05, 0) is 36.1 Å². The van der Waals surface area contributed by atoms with E-state index >= 15 is 0 Å². The van der Waals surface area contributed by atoms with E-state index in [0.29, 0.717) is 11.1 Å². The summed E-state index contributed by atoms with van der Waals surface area (Å²) in [5.41, 5.74) is 2.80. The number of hydrogen-bond donors (Lipinski definition) is 1. The van der Waals surface area contributed by atoms with Gasteiger partial charge in [-0.1, -0.05) is 19.1 Å². The molecule has 0 aliphatic carbocycles. The fraction of sp³-hybridized carbons (Fsp3) is 0.125. The van der Waals surface area contributed by atoms with E-state index in [1.807, 2.05) is 30.3 Å². The topological polar surface area (TPSA) is 59.6 Å². The van der Waals surface area contributed by atoms with Gasteiger partial charge in [0.25, 0.3) is 0 Å². The molecule has 2 rings (SSSR count). The molecule has 0 unspecified atom stereocenters. The summed E-state index contributed by atoms with van der Waals surface area (Å²) in [6.07, 6.45) is 0. The number of benzene rings is 2. The lowest BCUT2D eigenvalue weighted by Crippen LogP contribution is -1.95. The zero-order valence-corrected chi connectivity index (χ0v) is 11.9. The SMILES string of the molecule is CCSc1cccc(Nc2cccc(C#N)c2)c1C#N. The summed E-state index contributed by atoms with van der Waals surface area (Å²) in [6.45, 7) is 2.06. The molecular formula is C16H13N3S. The van der Waals surface area contributed by atoms with Gasteiger partial charge in [-0.15, -0.1) is 11.8 Å². The summed E-state index contributed by atoms with van der Waals surface area (Å²) < 4.78 is 0. The molecule has 0 fully saturated rings. The molecule has 20 heavy (non-hydrogen) atoms. The normalized spacial score (nSPS) is 9.55. The van der Waals surface area contributed by atoms with Crippen LogP contribution in [0.4, 0.5) is 11.4 Å². The van der Waals surface area contributed by atoms with Crippen LogP contribution in [0.15, 0.2) is 47.4 Å². The Morgan fingerprint density at radius 3 is 2.60 bits per heavy atom. The maximum absolute atomic E-state index is 9.35. The Morgan fingerprint density at radius 1 is 1.10 bits per heavy atom. The van der Waals surface area contributed by atoms with Gasteiger partial charge in [0.1, 0.15) is 6.07 Å². The van der Waals surface area contributed by atoms with Crippen LogP contribution in [0.3, 0.4) is 0 Å². The van der Waals surface area contributed by atoms with Gasteiger partial charge in [-0.25, -0.2) is 0 Å². The third-order valence-electron chi connectivity index (χ3n) is 2.71. The number of nitrogens with one attached hydrogen (secondary N) is 1. The van der Waals surface area contributed by atoms with Crippen molar-refractivity contribution in [3.8, 4) is 12.1 Å². The van der Waals surface area contributed by atoms with Gasteiger partial charge in [-0.3, -0.25) is 0 Å². The van der Waals surface area contributed by atoms with Crippen molar-refractivity contribution in [2.75, 3.05) is 11.1 Å². The minimum absolute atomic E-state index is 0.590. The maximum Gasteiger partial charge on any atom is 0.103 e. The highest BCUT2D eigenvalue weighted by Crippen LogP contribution is 2.29. The van der Waals surface area contributed by atoms with Crippen LogP contribution in [-0.4, -0.2) is 5.75 Å². The maximum atomic E-state index is 9.35. The number of thioether (sulfide) groups is 1. The Morgan fingerprint density at radius 2 is 1.90 bits per heavy atom. The zero-order chi connectivity index (χ0) is 14.4. The minimum Gasteiger partial charge on any atom is -0.354 e. The first-order chi connectivity index (χ1) is 9.78. The van der Waals surface area contributed by atoms with E-state index in [1.165, 1.54) is 0 Å². The summed E-state index contributed by atoms with van der Waals surface area (Å²) in [4.78, 5) is 0.969. The van der Waals surface area contributed by atoms with Gasteiger partial charge in [-0.2, -0.15) is 10.5 Å². The minimum atomic E-state index is 0.590. The van der Waals surface area contributed by atoms with Crippen LogP contribution in [0.2, 0.25) is 0 Å². The van der Waals surface area contributed by atoms with E-state index < -0.39 is 0 Å². The Bertz CT molecular complexity index is 696. The van der Waals surface area contributed by atoms with E-state index in [-0.39, 0.29) is 0 Å². The third-order valence-corrected chi connectivity index (χ3v) is 3.65. The van der Waals surface area contributed by atoms with Crippen LogP contribution >= 0.6 is 11.8 Å². The highest BCUT2D eigenvalue weighted by molar-refractivity contribution is 7.99. The molecule has 0 atom stereocenters. The van der Waals surface area contributed by atoms with E-state index in [9.17, 15) is 5.26 Å². The summed E-state index contributed by atoms with van der Waals surface area (Å²) >= 11 is 1.64. The summed E-state index contributed by atoms with van der Waals surface area (Å²) in [7, 11) is 0. The van der Waals surface area contributed by atoms with Gasteiger partial charge in [0.2, 0.25) is 0 Å². The van der Waals surface area contributed by atoms with E-state index in [2.05, 4.69) is 24.4 Å². The molecule has 0 aromatic heterocycles. The predicted octanol–water partition coefficient (Wildman–Crippen LogP) is 4.29. The smallest absolute Gasteiger partial charge is 0.103 e. The molecule has 0 bridgehead atoms. The van der Waals surface area contributed by atoms with Crippen molar-refractivity contribution >= 4 is 23.1 Å². The Hall–Kier alpha value is -2.43. The average Bonchev–Trinajstić information content (AvgIpc) is 2.48. The second-order valence-electron chi connectivity index (χ2n) is 4.04.